The van der Waals surface area contributed by atoms with E-state index in [4.69, 9.17) is 0 Å². The number of hydrogen-bond donors (Lipinski definition) is 1. The van der Waals surface area contributed by atoms with Crippen molar-refractivity contribution in [3.05, 3.63) is 0 Å². The predicted octanol–water partition coefficient (Wildman–Crippen LogP) is 1.72. The van der Waals surface area contributed by atoms with Crippen molar-refractivity contribution in [2.24, 2.45) is 5.92 Å². The van der Waals surface area contributed by atoms with Crippen molar-refractivity contribution in [3.8, 4) is 0 Å². The van der Waals surface area contributed by atoms with E-state index in [0.717, 1.165) is 17.7 Å². The summed E-state index contributed by atoms with van der Waals surface area (Å²) in [5, 5.41) is 0. The van der Waals surface area contributed by atoms with Crippen molar-refractivity contribution in [1.29, 1.82) is 0 Å². The normalized spacial score (nSPS) is 31.2. The molecule has 0 aromatic rings. The lowest BCUT2D eigenvalue weighted by atomic mass is 10.2. The largest absolute Gasteiger partial charge is 0.301 e. The van der Waals surface area contributed by atoms with Crippen molar-refractivity contribution >= 4 is 12.6 Å². The third-order valence-corrected chi connectivity index (χ3v) is 4.41. The molecule has 0 radical (unpaired) electrons. The molecule has 0 amide bonds. The van der Waals surface area contributed by atoms with Crippen LogP contribution in [-0.2, 0) is 0 Å². The molecule has 2 saturated heterocycles. The number of rotatable bonds is 4. The van der Waals surface area contributed by atoms with Crippen LogP contribution in [0.1, 0.15) is 26.2 Å². The van der Waals surface area contributed by atoms with E-state index in [2.05, 4.69) is 29.4 Å². The standard InChI is InChI=1S/C12H24N2S/c1-11(10-15)8-13-7-4-12(9-13)14-5-2-3-6-14/h11-12,15H,2-10H2,1H3. The second-order valence-electron chi connectivity index (χ2n) is 5.23. The Kier molecular flexibility index (Phi) is 4.35. The van der Waals surface area contributed by atoms with Gasteiger partial charge in [-0.2, -0.15) is 12.6 Å². The van der Waals surface area contributed by atoms with Crippen LogP contribution in [0.2, 0.25) is 0 Å². The average Bonchev–Trinajstić information content (AvgIpc) is 2.85. The van der Waals surface area contributed by atoms with Gasteiger partial charge in [0.05, 0.1) is 0 Å². The van der Waals surface area contributed by atoms with Gasteiger partial charge in [0.25, 0.3) is 0 Å². The van der Waals surface area contributed by atoms with Crippen LogP contribution in [0.5, 0.6) is 0 Å². The molecule has 2 rings (SSSR count). The molecule has 0 spiro atoms. The minimum Gasteiger partial charge on any atom is -0.301 e. The van der Waals surface area contributed by atoms with Crippen LogP contribution in [0.15, 0.2) is 0 Å². The predicted molar refractivity (Wildman–Crippen MR) is 68.7 cm³/mol. The molecule has 2 aliphatic heterocycles. The zero-order valence-electron chi connectivity index (χ0n) is 9.86. The van der Waals surface area contributed by atoms with Gasteiger partial charge in [-0.25, -0.2) is 0 Å². The smallest absolute Gasteiger partial charge is 0.0235 e. The van der Waals surface area contributed by atoms with E-state index in [9.17, 15) is 0 Å². The highest BCUT2D eigenvalue weighted by molar-refractivity contribution is 7.80. The fourth-order valence-electron chi connectivity index (χ4n) is 2.88. The van der Waals surface area contributed by atoms with Gasteiger partial charge in [-0.1, -0.05) is 6.92 Å². The Balaban J connectivity index is 1.74. The molecule has 2 unspecified atom stereocenters. The minimum atomic E-state index is 0.741. The highest BCUT2D eigenvalue weighted by atomic mass is 32.1. The summed E-state index contributed by atoms with van der Waals surface area (Å²) in [7, 11) is 0. The molecule has 0 aromatic carbocycles. The zero-order valence-corrected chi connectivity index (χ0v) is 10.8. The van der Waals surface area contributed by atoms with Crippen molar-refractivity contribution in [1.82, 2.24) is 9.80 Å². The molecule has 0 aliphatic carbocycles. The fourth-order valence-corrected chi connectivity index (χ4v) is 3.00. The van der Waals surface area contributed by atoms with Crippen LogP contribution in [0.4, 0.5) is 0 Å². The van der Waals surface area contributed by atoms with E-state index in [1.54, 1.807) is 0 Å². The third-order valence-electron chi connectivity index (χ3n) is 3.79. The van der Waals surface area contributed by atoms with Crippen molar-refractivity contribution in [2.45, 2.75) is 32.2 Å². The van der Waals surface area contributed by atoms with Gasteiger partial charge in [-0.15, -0.1) is 0 Å². The molecule has 0 bridgehead atoms. The van der Waals surface area contributed by atoms with Gasteiger partial charge in [0, 0.05) is 19.1 Å². The summed E-state index contributed by atoms with van der Waals surface area (Å²) in [4.78, 5) is 5.33. The molecular formula is C12H24N2S. The van der Waals surface area contributed by atoms with E-state index in [1.165, 1.54) is 52.0 Å². The summed E-state index contributed by atoms with van der Waals surface area (Å²) in [5.41, 5.74) is 0. The minimum absolute atomic E-state index is 0.741. The maximum Gasteiger partial charge on any atom is 0.0235 e. The summed E-state index contributed by atoms with van der Waals surface area (Å²) in [6, 6.07) is 0.861. The lowest BCUT2D eigenvalue weighted by Gasteiger charge is -2.24. The molecule has 0 saturated carbocycles. The van der Waals surface area contributed by atoms with Gasteiger partial charge >= 0.3 is 0 Å². The monoisotopic (exact) mass is 228 g/mol. The van der Waals surface area contributed by atoms with Crippen LogP contribution in [-0.4, -0.2) is 54.3 Å². The highest BCUT2D eigenvalue weighted by Gasteiger charge is 2.29. The molecule has 15 heavy (non-hydrogen) atoms. The summed E-state index contributed by atoms with van der Waals surface area (Å²) in [5.74, 6) is 1.76. The van der Waals surface area contributed by atoms with E-state index in [-0.39, 0.29) is 0 Å². The van der Waals surface area contributed by atoms with Gasteiger partial charge in [0.2, 0.25) is 0 Å². The van der Waals surface area contributed by atoms with Gasteiger partial charge in [-0.05, 0) is 50.6 Å². The Labute approximate surface area is 99.4 Å². The van der Waals surface area contributed by atoms with Gasteiger partial charge in [-0.3, -0.25) is 4.90 Å². The summed E-state index contributed by atoms with van der Waals surface area (Å²) in [6.45, 7) is 8.85. The first-order valence-corrected chi connectivity index (χ1v) is 7.00. The first-order valence-electron chi connectivity index (χ1n) is 6.37. The molecule has 3 heteroatoms. The fraction of sp³-hybridized carbons (Fsp3) is 1.00. The second kappa shape index (κ2) is 5.55. The first kappa shape index (κ1) is 11.7. The number of nitrogens with zero attached hydrogens (tertiary/aromatic N) is 2. The molecule has 2 heterocycles. The lowest BCUT2D eigenvalue weighted by molar-refractivity contribution is 0.224. The average molecular weight is 228 g/mol. The quantitative estimate of drug-likeness (QED) is 0.732. The topological polar surface area (TPSA) is 6.48 Å². The molecular weight excluding hydrogens is 204 g/mol. The van der Waals surface area contributed by atoms with Gasteiger partial charge in [0.1, 0.15) is 0 Å². The summed E-state index contributed by atoms with van der Waals surface area (Å²) >= 11 is 4.36. The summed E-state index contributed by atoms with van der Waals surface area (Å²) < 4.78 is 0. The van der Waals surface area contributed by atoms with E-state index < -0.39 is 0 Å². The number of hydrogen-bond acceptors (Lipinski definition) is 3. The molecule has 0 aromatic heterocycles. The molecule has 2 atom stereocenters. The van der Waals surface area contributed by atoms with Crippen LogP contribution in [0, 0.1) is 5.92 Å². The van der Waals surface area contributed by atoms with Crippen LogP contribution in [0.25, 0.3) is 0 Å². The molecule has 2 aliphatic rings. The van der Waals surface area contributed by atoms with Crippen LogP contribution in [0.3, 0.4) is 0 Å². The van der Waals surface area contributed by atoms with Crippen LogP contribution >= 0.6 is 12.6 Å². The third kappa shape index (κ3) is 3.11. The summed E-state index contributed by atoms with van der Waals surface area (Å²) in [6.07, 6.45) is 4.23. The van der Waals surface area contributed by atoms with E-state index >= 15 is 0 Å². The lowest BCUT2D eigenvalue weighted by Crippen LogP contribution is -2.36. The van der Waals surface area contributed by atoms with Crippen molar-refractivity contribution in [3.63, 3.8) is 0 Å². The van der Waals surface area contributed by atoms with Gasteiger partial charge in [0.15, 0.2) is 0 Å². The maximum absolute atomic E-state index is 4.36. The van der Waals surface area contributed by atoms with E-state index in [1.807, 2.05) is 0 Å². The molecule has 2 nitrogen and oxygen atoms in total. The SMILES string of the molecule is CC(CS)CN1CCC(N2CCCC2)C1. The zero-order chi connectivity index (χ0) is 10.7. The van der Waals surface area contributed by atoms with Crippen molar-refractivity contribution in [2.75, 3.05) is 38.5 Å². The molecule has 2 fully saturated rings. The molecule has 0 N–H and O–H groups in total. The highest BCUT2D eigenvalue weighted by Crippen LogP contribution is 2.21. The Morgan fingerprint density at radius 3 is 2.67 bits per heavy atom. The van der Waals surface area contributed by atoms with Crippen molar-refractivity contribution < 1.29 is 0 Å². The maximum atomic E-state index is 4.36. The Morgan fingerprint density at radius 1 is 1.27 bits per heavy atom. The Morgan fingerprint density at radius 2 is 2.00 bits per heavy atom. The Hall–Kier alpha value is 0.270. The van der Waals surface area contributed by atoms with E-state index in [0.29, 0.717) is 0 Å². The van der Waals surface area contributed by atoms with Gasteiger partial charge < -0.3 is 4.90 Å². The number of thiol groups is 1. The Bertz CT molecular complexity index is 192. The first-order chi connectivity index (χ1) is 7.29. The number of likely N-dealkylation sites (tertiary alicyclic amines) is 2. The van der Waals surface area contributed by atoms with Crippen LogP contribution < -0.4 is 0 Å². The second-order valence-corrected chi connectivity index (χ2v) is 5.60. The molecule has 88 valence electrons.